The molecule has 4 aliphatic rings. The van der Waals surface area contributed by atoms with Crippen LogP contribution in [-0.2, 0) is 39.1 Å². The molecule has 2 saturated heterocycles. The number of carboxylic acid groups (broad SMARTS) is 1. The summed E-state index contributed by atoms with van der Waals surface area (Å²) in [5.41, 5.74) is 5.45. The zero-order chi connectivity index (χ0) is 51.4. The predicted octanol–water partition coefficient (Wildman–Crippen LogP) is 3.97. The number of fused-ring (bicyclic) bond motifs is 2. The number of benzene rings is 4. The molecular weight excluding hydrogens is 982 g/mol. The summed E-state index contributed by atoms with van der Waals surface area (Å²) < 4.78 is 28.9. The van der Waals surface area contributed by atoms with E-state index in [0.717, 1.165) is 26.8 Å². The van der Waals surface area contributed by atoms with Crippen LogP contribution in [0.1, 0.15) is 63.8 Å². The maximum absolute atomic E-state index is 13.4. The number of carbonyl (C=O) groups excluding carboxylic acids is 4. The van der Waals surface area contributed by atoms with Crippen molar-refractivity contribution in [1.82, 2.24) is 20.4 Å². The number of phenolic OH excluding ortho intramolecular Hbond substituents is 1. The maximum atomic E-state index is 13.4. The Morgan fingerprint density at radius 2 is 1.72 bits per heavy atom. The molecule has 7 N–H and O–H groups in total. The number of carboxylic acids is 1. The number of phenols is 1. The topological polar surface area (TPSA) is 316 Å². The van der Waals surface area contributed by atoms with Gasteiger partial charge in [-0.1, -0.05) is 12.1 Å². The van der Waals surface area contributed by atoms with Crippen LogP contribution in [0.5, 0.6) is 5.75 Å². The summed E-state index contributed by atoms with van der Waals surface area (Å²) in [6.45, 7) is 1.03. The van der Waals surface area contributed by atoms with E-state index < -0.39 is 72.7 Å². The number of aromatic carboxylic acids is 1. The summed E-state index contributed by atoms with van der Waals surface area (Å²) in [6.07, 6.45) is -0.881. The van der Waals surface area contributed by atoms with Gasteiger partial charge in [-0.2, -0.15) is 18.5 Å². The minimum Gasteiger partial charge on any atom is -0.508 e. The molecule has 0 spiro atoms. The number of H-pyrrole nitrogens is 1. The van der Waals surface area contributed by atoms with E-state index in [1.807, 2.05) is 0 Å². The number of aromatic hydroxyl groups is 1. The van der Waals surface area contributed by atoms with Crippen molar-refractivity contribution in [2.75, 3.05) is 31.0 Å². The monoisotopic (exact) mass is 1030 g/mol. The molecule has 376 valence electrons. The molecule has 4 aromatic rings. The van der Waals surface area contributed by atoms with Crippen molar-refractivity contribution >= 4 is 66.2 Å². The van der Waals surface area contributed by atoms with E-state index in [1.165, 1.54) is 74.8 Å². The van der Waals surface area contributed by atoms with Crippen LogP contribution >= 0.6 is 19.9 Å². The lowest BCUT2D eigenvalue weighted by atomic mass is 9.89. The molecule has 1 aliphatic carbocycles. The van der Waals surface area contributed by atoms with Crippen LogP contribution in [0, 0.1) is 6.92 Å². The number of hydrazine groups is 1. The van der Waals surface area contributed by atoms with Crippen LogP contribution in [-0.4, -0.2) is 103 Å². The van der Waals surface area contributed by atoms with Gasteiger partial charge < -0.3 is 24.5 Å². The van der Waals surface area contributed by atoms with Gasteiger partial charge in [0, 0.05) is 71.0 Å². The molecule has 0 radical (unpaired) electrons. The fourth-order valence-electron chi connectivity index (χ4n) is 8.25. The van der Waals surface area contributed by atoms with Crippen LogP contribution in [0.15, 0.2) is 104 Å². The van der Waals surface area contributed by atoms with E-state index >= 15 is 0 Å². The summed E-state index contributed by atoms with van der Waals surface area (Å²) in [5.74, 6) is -3.20. The quantitative estimate of drug-likeness (QED) is 0.0211. The molecule has 2 fully saturated rings. The molecule has 1 aromatic heterocycles. The Morgan fingerprint density at radius 1 is 0.944 bits per heavy atom. The second-order valence-corrected chi connectivity index (χ2v) is 19.9. The molecule has 5 atom stereocenters. The smallest absolute Gasteiger partial charge is 0.508 e. The van der Waals surface area contributed by atoms with E-state index in [0.29, 0.717) is 35.0 Å². The number of carbonyl (C=O) groups is 5. The highest BCUT2D eigenvalue weighted by atomic mass is 32.2. The average Bonchev–Trinajstić information content (AvgIpc) is 3.87. The van der Waals surface area contributed by atoms with Crippen LogP contribution in [0.4, 0.5) is 5.69 Å². The number of anilines is 1. The lowest BCUT2D eigenvalue weighted by Crippen LogP contribution is -2.41. The normalized spacial score (nSPS) is 18.7. The number of imide groups is 1. The number of hydrogen-bond acceptors (Lipinski definition) is 17. The molecule has 72 heavy (non-hydrogen) atoms. The second kappa shape index (κ2) is 21.7. The Labute approximate surface area is 412 Å². The number of nitrogens with zero attached hydrogens (tertiary/aromatic N) is 2. The van der Waals surface area contributed by atoms with Gasteiger partial charge in [-0.3, -0.25) is 49.2 Å². The third-order valence-corrected chi connectivity index (χ3v) is 14.5. The van der Waals surface area contributed by atoms with Crippen LogP contribution in [0.3, 0.4) is 0 Å². The van der Waals surface area contributed by atoms with Crippen molar-refractivity contribution < 1.29 is 66.9 Å². The highest BCUT2D eigenvalue weighted by Gasteiger charge is 2.47. The first-order valence-electron chi connectivity index (χ1n) is 22.3. The maximum Gasteiger partial charge on any atom is 0.572 e. The first-order chi connectivity index (χ1) is 34.4. The molecule has 3 aromatic carbocycles. The molecule has 0 bridgehead atoms. The molecule has 0 saturated carbocycles. The van der Waals surface area contributed by atoms with Gasteiger partial charge in [-0.25, -0.2) is 14.5 Å². The lowest BCUT2D eigenvalue weighted by molar-refractivity contribution is -0.122. The summed E-state index contributed by atoms with van der Waals surface area (Å²) in [5, 5.41) is 30.5. The van der Waals surface area contributed by atoms with Crippen molar-refractivity contribution in [3.63, 3.8) is 0 Å². The Hall–Kier alpha value is -7.08. The standard InChI is InChI=1S/C48H46N5O17PS/c1-25-23-52(48(64)49-44(25)59)42-21-35(56)38(70-42)24-68-71(65,66-2)67-16-17-72-39-22-41(58)53(46(39)61)28-9-6-26(7-10-28)4-3-5-40(57)50-51-45(60)27-8-13-31(47(62)63)34(18-27)43-32-14-11-29(54)19-36(32)69-37-20-30(55)12-15-33(37)43/h6-15,18-20,23,35,38-39,42,56,65H,3-5,16-17,21-22,24H2,1-2H3,(H4-,49,50,51,54,55,57,59,60,62,63,64)/p+1/t35?,38-,39?,42-,71?/m1/s1. The number of nitrogens with one attached hydrogen (secondary N) is 3. The largest absolute Gasteiger partial charge is 0.572 e. The number of aryl methyl sites for hydroxylation is 2. The van der Waals surface area contributed by atoms with Crippen LogP contribution < -0.4 is 32.4 Å². The molecule has 22 nitrogen and oxygen atoms in total. The van der Waals surface area contributed by atoms with E-state index in [4.69, 9.17) is 22.7 Å². The van der Waals surface area contributed by atoms with Gasteiger partial charge in [-0.05, 0) is 85.5 Å². The SMILES string of the molecule is CO[P+](O)(OCCSC1CC(=O)N(c2ccc(CCCC(=O)NNC(=O)c3ccc(C(=O)O)c(-c4c5ccc(=O)cc-5oc5cc(O)ccc45)c3)cc2)C1=O)OC[C@H]1O[C@@H](n2cc(C)c(=O)[nH]c2=O)CC1O. The number of aromatic nitrogens is 2. The molecule has 8 rings (SSSR count). The average molecular weight is 1030 g/mol. The third-order valence-electron chi connectivity index (χ3n) is 11.9. The number of aromatic amines is 1. The summed E-state index contributed by atoms with van der Waals surface area (Å²) in [6, 6.07) is 18.9. The van der Waals surface area contributed by atoms with E-state index in [1.54, 1.807) is 24.3 Å². The Balaban J connectivity index is 0.787. The zero-order valence-electron chi connectivity index (χ0n) is 38.4. The molecule has 3 unspecified atom stereocenters. The summed E-state index contributed by atoms with van der Waals surface area (Å²) in [4.78, 5) is 115. The number of hydrogen-bond donors (Lipinski definition) is 7. The van der Waals surface area contributed by atoms with Crippen molar-refractivity contribution in [2.24, 2.45) is 0 Å². The zero-order valence-corrected chi connectivity index (χ0v) is 40.1. The van der Waals surface area contributed by atoms with E-state index in [2.05, 4.69) is 15.8 Å². The predicted molar refractivity (Wildman–Crippen MR) is 260 cm³/mol. The van der Waals surface area contributed by atoms with Gasteiger partial charge in [0.25, 0.3) is 11.5 Å². The number of thioether (sulfide) groups is 1. The van der Waals surface area contributed by atoms with Crippen molar-refractivity contribution in [3.05, 3.63) is 138 Å². The lowest BCUT2D eigenvalue weighted by Gasteiger charge is -2.18. The van der Waals surface area contributed by atoms with Crippen molar-refractivity contribution in [3.8, 4) is 28.2 Å². The molecule has 24 heteroatoms. The molecule has 4 amide bonds. The van der Waals surface area contributed by atoms with E-state index in [9.17, 15) is 58.6 Å². The fourth-order valence-corrected chi connectivity index (χ4v) is 10.3. The third kappa shape index (κ3) is 11.3. The molecule has 4 heterocycles. The van der Waals surface area contributed by atoms with Gasteiger partial charge >= 0.3 is 19.8 Å². The van der Waals surface area contributed by atoms with Gasteiger partial charge in [0.2, 0.25) is 17.7 Å². The number of rotatable bonds is 18. The minimum absolute atomic E-state index is 0.00803. The van der Waals surface area contributed by atoms with E-state index in [-0.39, 0.29) is 83.0 Å². The van der Waals surface area contributed by atoms with Gasteiger partial charge in [0.1, 0.15) is 42.6 Å². The number of aliphatic hydroxyl groups excluding tert-OH is 1. The number of amides is 4. The Morgan fingerprint density at radius 3 is 2.47 bits per heavy atom. The van der Waals surface area contributed by atoms with Crippen molar-refractivity contribution in [2.45, 2.75) is 62.7 Å². The van der Waals surface area contributed by atoms with Crippen LogP contribution in [0.2, 0.25) is 0 Å². The Bertz CT molecular complexity index is 3230. The Kier molecular flexibility index (Phi) is 15.5. The second-order valence-electron chi connectivity index (χ2n) is 16.7. The van der Waals surface area contributed by atoms with Crippen LogP contribution in [0.25, 0.3) is 33.4 Å². The first kappa shape index (κ1) is 51.3. The molecular formula is C48H47N5O17PS+. The minimum atomic E-state index is -3.91. The highest BCUT2D eigenvalue weighted by Crippen LogP contribution is 2.58. The number of ether oxygens (including phenoxy) is 1. The number of aliphatic hydroxyl groups is 1. The molecule has 3 aliphatic heterocycles. The fraction of sp³-hybridized carbons (Fsp3) is 0.292. The summed E-state index contributed by atoms with van der Waals surface area (Å²) in [7, 11) is -2.74. The van der Waals surface area contributed by atoms with Gasteiger partial charge in [0.15, 0.2) is 5.43 Å². The first-order valence-corrected chi connectivity index (χ1v) is 24.8. The van der Waals surface area contributed by atoms with Crippen molar-refractivity contribution in [1.29, 1.82) is 0 Å². The summed E-state index contributed by atoms with van der Waals surface area (Å²) >= 11 is 1.15. The highest BCUT2D eigenvalue weighted by molar-refractivity contribution is 8.00. The van der Waals surface area contributed by atoms with Gasteiger partial charge in [-0.15, -0.1) is 11.8 Å². The van der Waals surface area contributed by atoms with Gasteiger partial charge in [0.05, 0.1) is 29.7 Å².